The highest BCUT2D eigenvalue weighted by Crippen LogP contribution is 2.37. The van der Waals surface area contributed by atoms with E-state index >= 15 is 0 Å². The topological polar surface area (TPSA) is 51.5 Å². The molecule has 0 saturated carbocycles. The predicted octanol–water partition coefficient (Wildman–Crippen LogP) is 2.66. The van der Waals surface area contributed by atoms with Gasteiger partial charge in [0.15, 0.2) is 0 Å². The smallest absolute Gasteiger partial charge is 0.120 e. The van der Waals surface area contributed by atoms with Crippen LogP contribution < -0.4 is 10.1 Å². The summed E-state index contributed by atoms with van der Waals surface area (Å²) >= 11 is 0. The number of hydrogen-bond acceptors (Lipinski definition) is 5. The first kappa shape index (κ1) is 17.4. The molecule has 2 aliphatic rings. The Morgan fingerprint density at radius 1 is 1.35 bits per heavy atom. The molecule has 140 valence electrons. The van der Waals surface area contributed by atoms with Crippen molar-refractivity contribution >= 4 is 5.69 Å². The van der Waals surface area contributed by atoms with E-state index in [0.717, 1.165) is 56.9 Å². The number of likely N-dealkylation sites (tertiary alicyclic amines) is 1. The van der Waals surface area contributed by atoms with Gasteiger partial charge in [-0.15, -0.1) is 0 Å². The summed E-state index contributed by atoms with van der Waals surface area (Å²) in [5.41, 5.74) is 2.43. The van der Waals surface area contributed by atoms with Gasteiger partial charge in [-0.25, -0.2) is 0 Å². The van der Waals surface area contributed by atoms with Gasteiger partial charge in [-0.05, 0) is 31.4 Å². The van der Waals surface area contributed by atoms with Gasteiger partial charge in [0.2, 0.25) is 0 Å². The summed E-state index contributed by atoms with van der Waals surface area (Å²) in [4.78, 5) is 2.51. The molecule has 1 spiro atoms. The summed E-state index contributed by atoms with van der Waals surface area (Å²) in [6.45, 7) is 3.93. The van der Waals surface area contributed by atoms with Crippen molar-refractivity contribution in [1.82, 2.24) is 14.7 Å². The molecule has 1 atom stereocenters. The number of rotatable bonds is 5. The maximum atomic E-state index is 6.29. The van der Waals surface area contributed by atoms with Crippen LogP contribution in [0, 0.1) is 0 Å². The van der Waals surface area contributed by atoms with Crippen molar-refractivity contribution in [2.75, 3.05) is 32.1 Å². The fourth-order valence-corrected chi connectivity index (χ4v) is 4.16. The number of hydrogen-bond donors (Lipinski definition) is 1. The SMILES string of the molecule is COc1cccc(N[C@@H]2COC3(CCN(Cc4cnn(C)c4)CC3)C2)c1. The molecule has 0 unspecified atom stereocenters. The zero-order chi connectivity index (χ0) is 18.0. The Balaban J connectivity index is 1.29. The first-order valence-electron chi connectivity index (χ1n) is 9.39. The normalized spacial score (nSPS) is 22.6. The molecule has 3 heterocycles. The molecule has 1 aromatic heterocycles. The lowest BCUT2D eigenvalue weighted by molar-refractivity contribution is -0.0448. The zero-order valence-corrected chi connectivity index (χ0v) is 15.6. The largest absolute Gasteiger partial charge is 0.497 e. The Kier molecular flexibility index (Phi) is 4.87. The summed E-state index contributed by atoms with van der Waals surface area (Å²) in [5.74, 6) is 0.882. The van der Waals surface area contributed by atoms with Crippen molar-refractivity contribution in [2.24, 2.45) is 7.05 Å². The minimum absolute atomic E-state index is 0.0436. The fraction of sp³-hybridized carbons (Fsp3) is 0.550. The van der Waals surface area contributed by atoms with E-state index in [1.54, 1.807) is 7.11 Å². The molecule has 26 heavy (non-hydrogen) atoms. The van der Waals surface area contributed by atoms with E-state index < -0.39 is 0 Å². The number of nitrogens with zero attached hydrogens (tertiary/aromatic N) is 3. The van der Waals surface area contributed by atoms with Crippen LogP contribution in [0.5, 0.6) is 5.75 Å². The molecule has 0 bridgehead atoms. The van der Waals surface area contributed by atoms with Crippen molar-refractivity contribution in [3.05, 3.63) is 42.2 Å². The standard InChI is InChI=1S/C20H28N4O2/c1-23-13-16(12-21-23)14-24-8-6-20(7-9-24)11-18(15-26-20)22-17-4-3-5-19(10-17)25-2/h3-5,10,12-13,18,22H,6-9,11,14-15H2,1-2H3/t18-/m0/s1. The van der Waals surface area contributed by atoms with Gasteiger partial charge in [0.25, 0.3) is 0 Å². The van der Waals surface area contributed by atoms with Gasteiger partial charge in [0.1, 0.15) is 5.75 Å². The second-order valence-corrected chi connectivity index (χ2v) is 7.57. The third kappa shape index (κ3) is 3.86. The van der Waals surface area contributed by atoms with Gasteiger partial charge in [-0.3, -0.25) is 9.58 Å². The number of nitrogens with one attached hydrogen (secondary N) is 1. The van der Waals surface area contributed by atoms with Crippen LogP contribution in [0.4, 0.5) is 5.69 Å². The predicted molar refractivity (Wildman–Crippen MR) is 101 cm³/mol. The lowest BCUT2D eigenvalue weighted by Gasteiger charge is -2.38. The maximum absolute atomic E-state index is 6.29. The van der Waals surface area contributed by atoms with E-state index in [2.05, 4.69) is 27.6 Å². The summed E-state index contributed by atoms with van der Waals surface area (Å²) in [5, 5.41) is 7.87. The van der Waals surface area contributed by atoms with Gasteiger partial charge in [-0.1, -0.05) is 6.07 Å². The van der Waals surface area contributed by atoms with Crippen molar-refractivity contribution in [1.29, 1.82) is 0 Å². The lowest BCUT2D eigenvalue weighted by Crippen LogP contribution is -2.44. The molecule has 0 aliphatic carbocycles. The highest BCUT2D eigenvalue weighted by molar-refractivity contribution is 5.49. The molecule has 1 aromatic carbocycles. The first-order valence-corrected chi connectivity index (χ1v) is 9.39. The highest BCUT2D eigenvalue weighted by Gasteiger charge is 2.42. The Morgan fingerprint density at radius 3 is 2.92 bits per heavy atom. The Labute approximate surface area is 155 Å². The summed E-state index contributed by atoms with van der Waals surface area (Å²) < 4.78 is 13.5. The molecule has 4 rings (SSSR count). The lowest BCUT2D eigenvalue weighted by atomic mass is 9.87. The highest BCUT2D eigenvalue weighted by atomic mass is 16.5. The van der Waals surface area contributed by atoms with Crippen LogP contribution in [0.1, 0.15) is 24.8 Å². The van der Waals surface area contributed by atoms with Crippen LogP contribution in [0.3, 0.4) is 0 Å². The number of piperidine rings is 1. The van der Waals surface area contributed by atoms with Gasteiger partial charge < -0.3 is 14.8 Å². The fourth-order valence-electron chi connectivity index (χ4n) is 4.16. The second-order valence-electron chi connectivity index (χ2n) is 7.57. The minimum atomic E-state index is 0.0436. The molecular weight excluding hydrogens is 328 g/mol. The van der Waals surface area contributed by atoms with Gasteiger partial charge in [-0.2, -0.15) is 5.10 Å². The maximum Gasteiger partial charge on any atom is 0.120 e. The number of anilines is 1. The molecule has 6 nitrogen and oxygen atoms in total. The minimum Gasteiger partial charge on any atom is -0.497 e. The van der Waals surface area contributed by atoms with Gasteiger partial charge in [0.05, 0.1) is 31.6 Å². The first-order chi connectivity index (χ1) is 12.6. The molecule has 2 fully saturated rings. The number of aryl methyl sites for hydroxylation is 1. The van der Waals surface area contributed by atoms with Crippen LogP contribution in [-0.4, -0.2) is 53.1 Å². The molecule has 6 heteroatoms. The monoisotopic (exact) mass is 356 g/mol. The number of benzene rings is 1. The third-order valence-electron chi connectivity index (χ3n) is 5.58. The van der Waals surface area contributed by atoms with Crippen LogP contribution in [0.2, 0.25) is 0 Å². The molecule has 1 N–H and O–H groups in total. The Bertz CT molecular complexity index is 737. The molecule has 0 amide bonds. The van der Waals surface area contributed by atoms with Crippen molar-refractivity contribution in [2.45, 2.75) is 37.5 Å². The van der Waals surface area contributed by atoms with Gasteiger partial charge in [0, 0.05) is 50.2 Å². The summed E-state index contributed by atoms with van der Waals surface area (Å²) in [6, 6.07) is 8.48. The van der Waals surface area contributed by atoms with E-state index in [1.165, 1.54) is 5.56 Å². The van der Waals surface area contributed by atoms with Crippen LogP contribution in [0.25, 0.3) is 0 Å². The van der Waals surface area contributed by atoms with E-state index in [0.29, 0.717) is 6.04 Å². The Morgan fingerprint density at radius 2 is 2.19 bits per heavy atom. The quantitative estimate of drug-likeness (QED) is 0.893. The average molecular weight is 356 g/mol. The van der Waals surface area contributed by atoms with Crippen molar-refractivity contribution < 1.29 is 9.47 Å². The summed E-state index contributed by atoms with van der Waals surface area (Å²) in [6.07, 6.45) is 7.34. The van der Waals surface area contributed by atoms with Crippen molar-refractivity contribution in [3.8, 4) is 5.75 Å². The number of ether oxygens (including phenoxy) is 2. The number of aromatic nitrogens is 2. The van der Waals surface area contributed by atoms with Crippen LogP contribution in [-0.2, 0) is 18.3 Å². The number of methoxy groups -OCH3 is 1. The van der Waals surface area contributed by atoms with E-state index in [1.807, 2.05) is 36.1 Å². The van der Waals surface area contributed by atoms with Crippen molar-refractivity contribution in [3.63, 3.8) is 0 Å². The molecular formula is C20H28N4O2. The second kappa shape index (κ2) is 7.29. The zero-order valence-electron chi connectivity index (χ0n) is 15.6. The van der Waals surface area contributed by atoms with E-state index in [9.17, 15) is 0 Å². The Hall–Kier alpha value is -2.05. The summed E-state index contributed by atoms with van der Waals surface area (Å²) in [7, 11) is 3.67. The third-order valence-corrected chi connectivity index (χ3v) is 5.58. The average Bonchev–Trinajstić information content (AvgIpc) is 3.24. The van der Waals surface area contributed by atoms with Crippen LogP contribution in [0.15, 0.2) is 36.7 Å². The molecule has 2 aromatic rings. The van der Waals surface area contributed by atoms with E-state index in [-0.39, 0.29) is 5.60 Å². The van der Waals surface area contributed by atoms with Gasteiger partial charge >= 0.3 is 0 Å². The molecule has 2 saturated heterocycles. The van der Waals surface area contributed by atoms with Crippen LogP contribution >= 0.6 is 0 Å². The van der Waals surface area contributed by atoms with E-state index in [4.69, 9.17) is 9.47 Å². The molecule has 2 aliphatic heterocycles. The molecule has 0 radical (unpaired) electrons.